The number of imidazole rings is 1. The number of nitrogen functional groups attached to an aromatic ring is 1. The van der Waals surface area contributed by atoms with E-state index in [2.05, 4.69) is 29.8 Å². The van der Waals surface area contributed by atoms with E-state index in [1.165, 1.54) is 23.5 Å². The first-order valence-electron chi connectivity index (χ1n) is 11.0. The Hall–Kier alpha value is -4.03. The number of aliphatic carboxylic acids is 1. The fraction of sp³-hybridized carbons (Fsp3) is 0.238. The Morgan fingerprint density at radius 2 is 2.28 bits per heavy atom. The van der Waals surface area contributed by atoms with Gasteiger partial charge in [0.15, 0.2) is 11.3 Å². The number of carboxylic acids is 1. The topological polar surface area (TPSA) is 184 Å². The predicted octanol–water partition coefficient (Wildman–Crippen LogP) is -1.05. The molecule has 0 bridgehead atoms. The number of nitrogens with zero attached hydrogens (tertiary/aromatic N) is 7. The van der Waals surface area contributed by atoms with Crippen molar-refractivity contribution >= 4 is 69.3 Å². The average Bonchev–Trinajstić information content (AvgIpc) is 3.51. The number of halogens is 1. The number of hydrogen-bond donors (Lipinski definition) is 2. The minimum atomic E-state index is -1.52. The number of anilines is 1. The van der Waals surface area contributed by atoms with Crippen LogP contribution in [0.4, 0.5) is 9.52 Å². The van der Waals surface area contributed by atoms with Crippen LogP contribution in [0.25, 0.3) is 5.65 Å². The minimum absolute atomic E-state index is 0.0390. The van der Waals surface area contributed by atoms with E-state index < -0.39 is 41.8 Å². The van der Waals surface area contributed by atoms with Gasteiger partial charge in [-0.3, -0.25) is 14.5 Å². The van der Waals surface area contributed by atoms with E-state index in [-0.39, 0.29) is 22.4 Å². The van der Waals surface area contributed by atoms with Crippen LogP contribution in [-0.2, 0) is 26.3 Å². The summed E-state index contributed by atoms with van der Waals surface area (Å²) >= 11 is 3.32. The summed E-state index contributed by atoms with van der Waals surface area (Å²) in [6.07, 6.45) is 5.28. The van der Waals surface area contributed by atoms with Crippen LogP contribution in [0.3, 0.4) is 0 Å². The molecule has 5 heterocycles. The second-order valence-corrected chi connectivity index (χ2v) is 10.8. The first-order chi connectivity index (χ1) is 18.8. The number of carbonyl (C=O) groups is 3. The van der Waals surface area contributed by atoms with Crippen LogP contribution < -0.4 is 20.7 Å². The van der Waals surface area contributed by atoms with Crippen molar-refractivity contribution in [1.29, 1.82) is 0 Å². The number of carboxylic acid groups (broad SMARTS) is 1. The van der Waals surface area contributed by atoms with Crippen LogP contribution in [-0.4, -0.2) is 71.4 Å². The summed E-state index contributed by atoms with van der Waals surface area (Å²) in [5.41, 5.74) is 6.05. The third-order valence-corrected chi connectivity index (χ3v) is 8.19. The zero-order valence-electron chi connectivity index (χ0n) is 19.9. The molecule has 3 N–H and O–H groups in total. The van der Waals surface area contributed by atoms with E-state index in [1.54, 1.807) is 16.0 Å². The lowest BCUT2D eigenvalue weighted by Crippen LogP contribution is -2.71. The van der Waals surface area contributed by atoms with Gasteiger partial charge >= 0.3 is 5.65 Å². The highest BCUT2D eigenvalue weighted by atomic mass is 32.2. The van der Waals surface area contributed by atoms with Gasteiger partial charge < -0.3 is 25.8 Å². The third-order valence-electron chi connectivity index (χ3n) is 5.62. The molecule has 0 unspecified atom stereocenters. The lowest BCUT2D eigenvalue weighted by molar-refractivity contribution is -0.644. The average molecular weight is 592 g/mol. The summed E-state index contributed by atoms with van der Waals surface area (Å²) in [7, 11) is 1.90. The molecule has 1 saturated heterocycles. The van der Waals surface area contributed by atoms with E-state index in [1.807, 2.05) is 36.1 Å². The number of fused-ring (bicyclic) bond motifs is 2. The molecule has 202 valence electrons. The Morgan fingerprint density at radius 3 is 3.00 bits per heavy atom. The summed E-state index contributed by atoms with van der Waals surface area (Å²) in [5, 5.41) is 24.0. The van der Waals surface area contributed by atoms with Crippen LogP contribution in [0.5, 0.6) is 0 Å². The van der Waals surface area contributed by atoms with Crippen molar-refractivity contribution in [1.82, 2.24) is 29.2 Å². The fourth-order valence-electron chi connectivity index (χ4n) is 3.86. The van der Waals surface area contributed by atoms with Gasteiger partial charge in [0.25, 0.3) is 18.7 Å². The number of thioether (sulfide) groups is 2. The predicted molar refractivity (Wildman–Crippen MR) is 136 cm³/mol. The number of oxime groups is 1. The van der Waals surface area contributed by atoms with Crippen molar-refractivity contribution < 1.29 is 33.3 Å². The molecule has 0 radical (unpaired) electrons. The molecule has 0 aromatic carbocycles. The number of nitrogens with two attached hydrogens (primary N) is 1. The van der Waals surface area contributed by atoms with Crippen LogP contribution >= 0.6 is 35.1 Å². The van der Waals surface area contributed by atoms with E-state index in [9.17, 15) is 23.9 Å². The number of amides is 2. The van der Waals surface area contributed by atoms with Crippen LogP contribution in [0, 0.1) is 0 Å². The fourth-order valence-corrected chi connectivity index (χ4v) is 6.27. The summed E-state index contributed by atoms with van der Waals surface area (Å²) in [6, 6.07) is 2.66. The van der Waals surface area contributed by atoms with Crippen molar-refractivity contribution in [2.75, 3.05) is 18.3 Å². The highest BCUT2D eigenvalue weighted by molar-refractivity contribution is 8.02. The molecule has 2 amide bonds. The van der Waals surface area contributed by atoms with Gasteiger partial charge in [0.1, 0.15) is 22.6 Å². The lowest BCUT2D eigenvalue weighted by atomic mass is 10.0. The van der Waals surface area contributed by atoms with Gasteiger partial charge in [-0.2, -0.15) is 9.36 Å². The molecule has 2 atom stereocenters. The molecule has 39 heavy (non-hydrogen) atoms. The SMILES string of the molecule is C[n+]1ccn2nc(S/C=C/C3=C(C(=O)[O-])N4C(=O)[C@@H](NC(=O)/C(=N\OCF)c5nsc(N)n5)[C@H]4SC3)ccc21. The van der Waals surface area contributed by atoms with E-state index in [4.69, 9.17) is 5.73 Å². The van der Waals surface area contributed by atoms with Gasteiger partial charge in [-0.15, -0.1) is 16.3 Å². The normalized spacial score (nSPS) is 19.4. The van der Waals surface area contributed by atoms with Gasteiger partial charge in [0.05, 0.1) is 18.7 Å². The third kappa shape index (κ3) is 5.17. The summed E-state index contributed by atoms with van der Waals surface area (Å²) < 4.78 is 20.0. The van der Waals surface area contributed by atoms with Crippen LogP contribution in [0.2, 0.25) is 0 Å². The zero-order valence-corrected chi connectivity index (χ0v) is 22.3. The van der Waals surface area contributed by atoms with Crippen LogP contribution in [0.1, 0.15) is 5.82 Å². The number of alkyl halides is 1. The number of hydrogen-bond acceptors (Lipinski definition) is 13. The number of carbonyl (C=O) groups excluding carboxylic acids is 3. The molecule has 1 fully saturated rings. The number of allylic oxidation sites excluding steroid dienone is 1. The largest absolute Gasteiger partial charge is 0.543 e. The van der Waals surface area contributed by atoms with Gasteiger partial charge in [-0.1, -0.05) is 22.0 Å². The number of β-lactam (4-membered cyclic amide) rings is 1. The Labute approximate surface area is 231 Å². The zero-order chi connectivity index (χ0) is 27.7. The molecule has 3 aromatic heterocycles. The van der Waals surface area contributed by atoms with Crippen molar-refractivity contribution in [3.63, 3.8) is 0 Å². The second kappa shape index (κ2) is 11.0. The number of aryl methyl sites for hydroxylation is 1. The number of nitrogens with one attached hydrogen (secondary N) is 1. The minimum Gasteiger partial charge on any atom is -0.543 e. The molecule has 0 spiro atoms. The van der Waals surface area contributed by atoms with E-state index in [0.29, 0.717) is 10.6 Å². The smallest absolute Gasteiger partial charge is 0.306 e. The van der Waals surface area contributed by atoms with Crippen molar-refractivity contribution in [2.24, 2.45) is 12.2 Å². The molecule has 18 heteroatoms. The molecular weight excluding hydrogens is 573 g/mol. The van der Waals surface area contributed by atoms with Crippen molar-refractivity contribution in [2.45, 2.75) is 16.4 Å². The maximum absolute atomic E-state index is 12.9. The standard InChI is InChI=1S/C21H18FN9O5S3/c1-29-5-6-30-12(29)3-2-11(26-30)37-7-4-10-8-38-19-14(18(33)31(19)15(10)20(34)35)24-17(32)13(27-36-9-22)16-25-21(23)39-28-16/h2-7,14,19H,8-9H2,1H3,(H3-,23,24,25,28,32,34,35)/b7-4+,27-13-/t14-,19-/m1/s1. The molecule has 0 aliphatic carbocycles. The molecule has 5 rings (SSSR count). The van der Waals surface area contributed by atoms with Crippen molar-refractivity contribution in [3.05, 3.63) is 53.1 Å². The monoisotopic (exact) mass is 591 g/mol. The molecule has 0 saturated carbocycles. The molecular formula is C21H18FN9O5S3. The summed E-state index contributed by atoms with van der Waals surface area (Å²) in [6.45, 7) is -1.31. The maximum atomic E-state index is 12.9. The maximum Gasteiger partial charge on any atom is 0.306 e. The summed E-state index contributed by atoms with van der Waals surface area (Å²) in [4.78, 5) is 47.0. The van der Waals surface area contributed by atoms with Gasteiger partial charge in [0, 0.05) is 23.4 Å². The Morgan fingerprint density at radius 1 is 1.46 bits per heavy atom. The Balaban J connectivity index is 1.30. The second-order valence-electron chi connectivity index (χ2n) is 7.96. The molecule has 3 aromatic rings. The van der Waals surface area contributed by atoms with Crippen LogP contribution in [0.15, 0.2) is 57.5 Å². The highest BCUT2D eigenvalue weighted by Gasteiger charge is 2.53. The number of rotatable bonds is 9. The Bertz CT molecular complexity index is 1570. The first kappa shape index (κ1) is 26.6. The Kier molecular flexibility index (Phi) is 7.49. The van der Waals surface area contributed by atoms with E-state index in [0.717, 1.165) is 22.1 Å². The van der Waals surface area contributed by atoms with E-state index >= 15 is 0 Å². The van der Waals surface area contributed by atoms with Gasteiger partial charge in [-0.05, 0) is 23.1 Å². The van der Waals surface area contributed by atoms with Gasteiger partial charge in [-0.25, -0.2) is 8.96 Å². The highest BCUT2D eigenvalue weighted by Crippen LogP contribution is 2.40. The molecule has 2 aliphatic heterocycles. The van der Waals surface area contributed by atoms with Gasteiger partial charge in [0.2, 0.25) is 11.5 Å². The van der Waals surface area contributed by atoms with Crippen molar-refractivity contribution in [3.8, 4) is 0 Å². The number of aromatic nitrogens is 5. The summed E-state index contributed by atoms with van der Waals surface area (Å²) in [5.74, 6) is -3.08. The molecule has 14 nitrogen and oxygen atoms in total. The molecule has 2 aliphatic rings. The quantitative estimate of drug-likeness (QED) is 0.102. The first-order valence-corrected chi connectivity index (χ1v) is 13.7. The lowest BCUT2D eigenvalue weighted by Gasteiger charge is -2.50.